The Kier molecular flexibility index (Phi) is 5.43. The van der Waals surface area contributed by atoms with Crippen molar-refractivity contribution in [2.45, 2.75) is 44.4 Å². The second-order valence-corrected chi connectivity index (χ2v) is 5.08. The summed E-state index contributed by atoms with van der Waals surface area (Å²) in [6, 6.07) is 8.29. The minimum absolute atomic E-state index is 0.191. The van der Waals surface area contributed by atoms with Gasteiger partial charge in [-0.1, -0.05) is 37.6 Å². The maximum Gasteiger partial charge on any atom is 0.119 e. The number of nitrogens with one attached hydrogen (secondary N) is 1. The van der Waals surface area contributed by atoms with E-state index in [0.29, 0.717) is 6.61 Å². The van der Waals surface area contributed by atoms with E-state index in [4.69, 9.17) is 4.74 Å². The molecule has 1 saturated carbocycles. The van der Waals surface area contributed by atoms with E-state index >= 15 is 0 Å². The first kappa shape index (κ1) is 14.1. The zero-order chi connectivity index (χ0) is 13.5. The van der Waals surface area contributed by atoms with Gasteiger partial charge in [0.05, 0.1) is 6.10 Å². The molecule has 1 aliphatic carbocycles. The predicted octanol–water partition coefficient (Wildman–Crippen LogP) is 2.64. The standard InChI is InChI=1S/C16H23NO2/c1-2-11-19-14-9-7-13(8-10-14)12-17-15-5-3-4-6-16(15)18/h2,7-10,15-18H,1,3-6,11-12H2. The molecule has 0 spiro atoms. The Balaban J connectivity index is 1.80. The Morgan fingerprint density at radius 3 is 2.68 bits per heavy atom. The number of hydrogen-bond acceptors (Lipinski definition) is 3. The van der Waals surface area contributed by atoms with Crippen LogP contribution in [0.3, 0.4) is 0 Å². The van der Waals surface area contributed by atoms with Crippen molar-refractivity contribution in [2.75, 3.05) is 6.61 Å². The fourth-order valence-corrected chi connectivity index (χ4v) is 2.46. The van der Waals surface area contributed by atoms with Crippen LogP contribution in [0.4, 0.5) is 0 Å². The highest BCUT2D eigenvalue weighted by molar-refractivity contribution is 5.27. The van der Waals surface area contributed by atoms with Gasteiger partial charge in [-0.2, -0.15) is 0 Å². The summed E-state index contributed by atoms with van der Waals surface area (Å²) in [5.74, 6) is 0.862. The zero-order valence-electron chi connectivity index (χ0n) is 11.3. The molecule has 0 aromatic heterocycles. The fraction of sp³-hybridized carbons (Fsp3) is 0.500. The summed E-state index contributed by atoms with van der Waals surface area (Å²) in [6.07, 6.45) is 5.90. The Bertz CT molecular complexity index is 388. The van der Waals surface area contributed by atoms with E-state index < -0.39 is 0 Å². The number of ether oxygens (including phenoxy) is 1. The largest absolute Gasteiger partial charge is 0.490 e. The second kappa shape index (κ2) is 7.31. The van der Waals surface area contributed by atoms with Crippen LogP contribution in [-0.2, 0) is 6.54 Å². The first-order chi connectivity index (χ1) is 9.29. The lowest BCUT2D eigenvalue weighted by Gasteiger charge is -2.28. The number of aliphatic hydroxyl groups is 1. The molecule has 19 heavy (non-hydrogen) atoms. The quantitative estimate of drug-likeness (QED) is 0.774. The molecule has 0 heterocycles. The van der Waals surface area contributed by atoms with Crippen molar-refractivity contribution in [2.24, 2.45) is 0 Å². The molecule has 1 fully saturated rings. The van der Waals surface area contributed by atoms with E-state index in [1.165, 1.54) is 12.0 Å². The molecule has 2 rings (SSSR count). The van der Waals surface area contributed by atoms with E-state index in [-0.39, 0.29) is 12.1 Å². The summed E-state index contributed by atoms with van der Waals surface area (Å²) in [6.45, 7) is 4.95. The van der Waals surface area contributed by atoms with Gasteiger partial charge in [-0.05, 0) is 30.5 Å². The van der Waals surface area contributed by atoms with Crippen molar-refractivity contribution in [1.82, 2.24) is 5.32 Å². The highest BCUT2D eigenvalue weighted by Crippen LogP contribution is 2.19. The average Bonchev–Trinajstić information content (AvgIpc) is 2.45. The molecular formula is C16H23NO2. The monoisotopic (exact) mass is 261 g/mol. The van der Waals surface area contributed by atoms with Crippen molar-refractivity contribution in [3.8, 4) is 5.75 Å². The molecule has 0 radical (unpaired) electrons. The van der Waals surface area contributed by atoms with Gasteiger partial charge in [0.1, 0.15) is 12.4 Å². The van der Waals surface area contributed by atoms with Gasteiger partial charge in [0, 0.05) is 12.6 Å². The smallest absolute Gasteiger partial charge is 0.119 e. The topological polar surface area (TPSA) is 41.5 Å². The second-order valence-electron chi connectivity index (χ2n) is 5.08. The summed E-state index contributed by atoms with van der Waals surface area (Å²) >= 11 is 0. The van der Waals surface area contributed by atoms with Gasteiger partial charge in [0.15, 0.2) is 0 Å². The first-order valence-electron chi connectivity index (χ1n) is 7.03. The molecule has 104 valence electrons. The normalized spacial score (nSPS) is 23.0. The summed E-state index contributed by atoms with van der Waals surface area (Å²) in [5, 5.41) is 13.3. The van der Waals surface area contributed by atoms with Crippen LogP contribution in [-0.4, -0.2) is 23.9 Å². The maximum atomic E-state index is 9.90. The molecule has 3 heteroatoms. The van der Waals surface area contributed by atoms with Gasteiger partial charge < -0.3 is 15.2 Å². The molecule has 1 aromatic rings. The van der Waals surface area contributed by atoms with Crippen LogP contribution in [0.1, 0.15) is 31.2 Å². The number of benzene rings is 1. The molecule has 2 atom stereocenters. The third-order valence-electron chi connectivity index (χ3n) is 3.59. The minimum atomic E-state index is -0.191. The van der Waals surface area contributed by atoms with E-state index in [0.717, 1.165) is 31.6 Å². The van der Waals surface area contributed by atoms with Gasteiger partial charge >= 0.3 is 0 Å². The third kappa shape index (κ3) is 4.37. The zero-order valence-corrected chi connectivity index (χ0v) is 11.3. The van der Waals surface area contributed by atoms with Crippen molar-refractivity contribution < 1.29 is 9.84 Å². The molecule has 2 unspecified atom stereocenters. The van der Waals surface area contributed by atoms with Crippen LogP contribution >= 0.6 is 0 Å². The first-order valence-corrected chi connectivity index (χ1v) is 7.03. The van der Waals surface area contributed by atoms with E-state index in [1.54, 1.807) is 6.08 Å². The average molecular weight is 261 g/mol. The van der Waals surface area contributed by atoms with Crippen LogP contribution in [0.2, 0.25) is 0 Å². The van der Waals surface area contributed by atoms with Crippen LogP contribution in [0.15, 0.2) is 36.9 Å². The van der Waals surface area contributed by atoms with Crippen molar-refractivity contribution in [3.05, 3.63) is 42.5 Å². The number of aliphatic hydroxyl groups excluding tert-OH is 1. The van der Waals surface area contributed by atoms with Crippen molar-refractivity contribution in [1.29, 1.82) is 0 Å². The lowest BCUT2D eigenvalue weighted by atomic mass is 9.92. The SMILES string of the molecule is C=CCOc1ccc(CNC2CCCCC2O)cc1. The van der Waals surface area contributed by atoms with Crippen molar-refractivity contribution >= 4 is 0 Å². The molecule has 0 amide bonds. The van der Waals surface area contributed by atoms with Crippen LogP contribution in [0.5, 0.6) is 5.75 Å². The molecule has 0 aliphatic heterocycles. The van der Waals surface area contributed by atoms with Crippen molar-refractivity contribution in [3.63, 3.8) is 0 Å². The summed E-state index contributed by atoms with van der Waals surface area (Å²) in [5.41, 5.74) is 1.21. The summed E-state index contributed by atoms with van der Waals surface area (Å²) in [4.78, 5) is 0. The Hall–Kier alpha value is -1.32. The highest BCUT2D eigenvalue weighted by atomic mass is 16.5. The molecule has 0 saturated heterocycles. The highest BCUT2D eigenvalue weighted by Gasteiger charge is 2.21. The van der Waals surface area contributed by atoms with Gasteiger partial charge in [0.2, 0.25) is 0 Å². The molecule has 0 bridgehead atoms. The lowest BCUT2D eigenvalue weighted by Crippen LogP contribution is -2.41. The van der Waals surface area contributed by atoms with Crippen LogP contribution < -0.4 is 10.1 Å². The summed E-state index contributed by atoms with van der Waals surface area (Å²) < 4.78 is 5.44. The predicted molar refractivity (Wildman–Crippen MR) is 77.2 cm³/mol. The molecule has 1 aliphatic rings. The fourth-order valence-electron chi connectivity index (χ4n) is 2.46. The maximum absolute atomic E-state index is 9.90. The Morgan fingerprint density at radius 1 is 1.26 bits per heavy atom. The summed E-state index contributed by atoms with van der Waals surface area (Å²) in [7, 11) is 0. The minimum Gasteiger partial charge on any atom is -0.490 e. The van der Waals surface area contributed by atoms with Gasteiger partial charge in [-0.25, -0.2) is 0 Å². The Morgan fingerprint density at radius 2 is 2.00 bits per heavy atom. The van der Waals surface area contributed by atoms with Gasteiger partial charge in [-0.3, -0.25) is 0 Å². The molecule has 1 aromatic carbocycles. The van der Waals surface area contributed by atoms with Gasteiger partial charge in [-0.15, -0.1) is 0 Å². The van der Waals surface area contributed by atoms with Gasteiger partial charge in [0.25, 0.3) is 0 Å². The van der Waals surface area contributed by atoms with E-state index in [2.05, 4.69) is 24.0 Å². The molecular weight excluding hydrogens is 238 g/mol. The Labute approximate surface area is 115 Å². The lowest BCUT2D eigenvalue weighted by molar-refractivity contribution is 0.0902. The van der Waals surface area contributed by atoms with E-state index in [9.17, 15) is 5.11 Å². The third-order valence-corrected chi connectivity index (χ3v) is 3.59. The molecule has 2 N–H and O–H groups in total. The number of rotatable bonds is 6. The number of hydrogen-bond donors (Lipinski definition) is 2. The van der Waals surface area contributed by atoms with Crippen LogP contribution in [0.25, 0.3) is 0 Å². The van der Waals surface area contributed by atoms with Crippen LogP contribution in [0, 0.1) is 0 Å². The molecule has 3 nitrogen and oxygen atoms in total. The van der Waals surface area contributed by atoms with E-state index in [1.807, 2.05) is 12.1 Å².